The first-order chi connectivity index (χ1) is 10.4. The molecule has 0 radical (unpaired) electrons. The summed E-state index contributed by atoms with van der Waals surface area (Å²) in [6.45, 7) is 3.92. The fourth-order valence-corrected chi connectivity index (χ4v) is 4.36. The zero-order valence-electron chi connectivity index (χ0n) is 12.2. The number of halogens is 1. The summed E-state index contributed by atoms with van der Waals surface area (Å²) in [4.78, 5) is 12.7. The number of hydrogen-bond acceptors (Lipinski definition) is 6. The molecular weight excluding hydrogens is 306 g/mol. The van der Waals surface area contributed by atoms with Crippen LogP contribution in [0.1, 0.15) is 26.3 Å². The predicted octanol–water partition coefficient (Wildman–Crippen LogP) is 1.77. The Kier molecular flexibility index (Phi) is 2.31. The third kappa shape index (κ3) is 1.61. The molecule has 5 unspecified atom stereocenters. The molecule has 5 rings (SSSR count). The van der Waals surface area contributed by atoms with Crippen molar-refractivity contribution in [1.29, 1.82) is 0 Å². The van der Waals surface area contributed by atoms with Gasteiger partial charge in [0.15, 0.2) is 16.6 Å². The summed E-state index contributed by atoms with van der Waals surface area (Å²) < 4.78 is 14.3. The molecule has 22 heavy (non-hydrogen) atoms. The van der Waals surface area contributed by atoms with E-state index in [-0.39, 0.29) is 29.4 Å². The van der Waals surface area contributed by atoms with Crippen molar-refractivity contribution in [2.24, 2.45) is 11.8 Å². The summed E-state index contributed by atoms with van der Waals surface area (Å²) in [6.07, 6.45) is 3.09. The summed E-state index contributed by atoms with van der Waals surface area (Å²) in [5.41, 5.74) is 6.99. The minimum Gasteiger partial charge on any atom is -0.368 e. The molecule has 0 amide bonds. The van der Waals surface area contributed by atoms with Crippen LogP contribution >= 0.6 is 11.6 Å². The number of aromatic nitrogens is 4. The second kappa shape index (κ2) is 3.90. The highest BCUT2D eigenvalue weighted by molar-refractivity contribution is 6.33. The van der Waals surface area contributed by atoms with Crippen molar-refractivity contribution in [2.45, 2.75) is 44.3 Å². The zero-order chi connectivity index (χ0) is 15.2. The Bertz CT molecular complexity index is 791. The highest BCUT2D eigenvalue weighted by Crippen LogP contribution is 2.63. The molecule has 2 aromatic rings. The average Bonchev–Trinajstić information content (AvgIpc) is 2.84. The number of anilines is 1. The number of nitrogens with zero attached hydrogens (tertiary/aromatic N) is 4. The van der Waals surface area contributed by atoms with Crippen molar-refractivity contribution < 1.29 is 9.47 Å². The summed E-state index contributed by atoms with van der Waals surface area (Å²) in [5, 5.41) is 0.284. The van der Waals surface area contributed by atoms with Crippen LogP contribution in [0.4, 0.5) is 5.95 Å². The molecule has 7 nitrogen and oxygen atoms in total. The van der Waals surface area contributed by atoms with Crippen LogP contribution in [-0.2, 0) is 9.47 Å². The van der Waals surface area contributed by atoms with Crippen LogP contribution in [-0.4, -0.2) is 37.5 Å². The Hall–Kier alpha value is -1.44. The maximum absolute atomic E-state index is 6.14. The van der Waals surface area contributed by atoms with Crippen LogP contribution in [0.2, 0.25) is 5.15 Å². The minimum absolute atomic E-state index is 0.0196. The minimum atomic E-state index is -0.539. The van der Waals surface area contributed by atoms with Crippen molar-refractivity contribution in [3.63, 3.8) is 0 Å². The Balaban J connectivity index is 1.63. The van der Waals surface area contributed by atoms with Gasteiger partial charge < -0.3 is 19.8 Å². The lowest BCUT2D eigenvalue weighted by Crippen LogP contribution is -2.30. The van der Waals surface area contributed by atoms with E-state index in [2.05, 4.69) is 15.0 Å². The van der Waals surface area contributed by atoms with Gasteiger partial charge in [-0.2, -0.15) is 9.97 Å². The number of hydrogen-bond donors (Lipinski definition) is 1. The number of rotatable bonds is 1. The summed E-state index contributed by atoms with van der Waals surface area (Å²) >= 11 is 6.12. The van der Waals surface area contributed by atoms with E-state index >= 15 is 0 Å². The highest BCUT2D eigenvalue weighted by atomic mass is 35.5. The van der Waals surface area contributed by atoms with Gasteiger partial charge >= 0.3 is 0 Å². The van der Waals surface area contributed by atoms with E-state index in [1.807, 2.05) is 18.4 Å². The van der Waals surface area contributed by atoms with Crippen molar-refractivity contribution >= 4 is 28.7 Å². The lowest BCUT2D eigenvalue weighted by molar-refractivity contribution is -0.156. The number of ether oxygens (including phenoxy) is 2. The van der Waals surface area contributed by atoms with Gasteiger partial charge in [-0.1, -0.05) is 11.6 Å². The number of imidazole rings is 1. The van der Waals surface area contributed by atoms with E-state index in [0.717, 1.165) is 6.42 Å². The second-order valence-corrected chi connectivity index (χ2v) is 7.17. The van der Waals surface area contributed by atoms with Gasteiger partial charge in [-0.3, -0.25) is 0 Å². The maximum Gasteiger partial charge on any atom is 0.223 e. The topological polar surface area (TPSA) is 88.1 Å². The maximum atomic E-state index is 6.14. The zero-order valence-corrected chi connectivity index (χ0v) is 13.0. The molecule has 1 aliphatic heterocycles. The molecule has 0 aromatic carbocycles. The van der Waals surface area contributed by atoms with Crippen molar-refractivity contribution in [3.8, 4) is 0 Å². The third-order valence-corrected chi connectivity index (χ3v) is 5.23. The van der Waals surface area contributed by atoms with Crippen LogP contribution in [0.3, 0.4) is 0 Å². The van der Waals surface area contributed by atoms with E-state index in [9.17, 15) is 0 Å². The van der Waals surface area contributed by atoms with E-state index in [1.54, 1.807) is 6.33 Å². The molecule has 5 atom stereocenters. The van der Waals surface area contributed by atoms with Crippen molar-refractivity contribution in [2.75, 3.05) is 5.73 Å². The molecule has 116 valence electrons. The molecular formula is C14H16ClN5O2. The molecule has 3 heterocycles. The molecule has 2 aliphatic carbocycles. The van der Waals surface area contributed by atoms with Crippen LogP contribution in [0.15, 0.2) is 6.33 Å². The van der Waals surface area contributed by atoms with E-state index < -0.39 is 5.79 Å². The van der Waals surface area contributed by atoms with Gasteiger partial charge in [-0.15, -0.1) is 0 Å². The normalized spacial score (nSPS) is 38.2. The second-order valence-electron chi connectivity index (χ2n) is 6.82. The van der Waals surface area contributed by atoms with Gasteiger partial charge in [0.1, 0.15) is 11.6 Å². The summed E-state index contributed by atoms with van der Waals surface area (Å²) in [6, 6.07) is 0.159. The van der Waals surface area contributed by atoms with Gasteiger partial charge in [-0.05, 0) is 32.1 Å². The van der Waals surface area contributed by atoms with E-state index in [0.29, 0.717) is 23.0 Å². The van der Waals surface area contributed by atoms with Crippen LogP contribution < -0.4 is 5.73 Å². The molecule has 2 aromatic heterocycles. The Labute approximate surface area is 131 Å². The monoisotopic (exact) mass is 321 g/mol. The summed E-state index contributed by atoms with van der Waals surface area (Å²) in [5.74, 6) is 0.718. The molecule has 1 saturated heterocycles. The SMILES string of the molecule is CC1(C)OC2C3CC3C(n3cnc4c(Cl)nc(N)nc43)C2O1. The highest BCUT2D eigenvalue weighted by Gasteiger charge is 2.66. The van der Waals surface area contributed by atoms with Crippen LogP contribution in [0.25, 0.3) is 11.2 Å². The Morgan fingerprint density at radius 3 is 2.86 bits per heavy atom. The number of fused-ring (bicyclic) bond motifs is 4. The van der Waals surface area contributed by atoms with Crippen LogP contribution in [0, 0.1) is 11.8 Å². The van der Waals surface area contributed by atoms with Gasteiger partial charge in [-0.25, -0.2) is 4.98 Å². The molecule has 3 aliphatic rings. The van der Waals surface area contributed by atoms with Crippen LogP contribution in [0.5, 0.6) is 0 Å². The molecule has 2 saturated carbocycles. The lowest BCUT2D eigenvalue weighted by Gasteiger charge is -2.24. The Morgan fingerprint density at radius 1 is 1.27 bits per heavy atom. The lowest BCUT2D eigenvalue weighted by atomic mass is 10.1. The molecule has 3 fully saturated rings. The first-order valence-corrected chi connectivity index (χ1v) is 7.83. The quantitative estimate of drug-likeness (QED) is 0.805. The number of nitrogen functional groups attached to an aromatic ring is 1. The van der Waals surface area contributed by atoms with Crippen molar-refractivity contribution in [1.82, 2.24) is 19.5 Å². The van der Waals surface area contributed by atoms with Crippen molar-refractivity contribution in [3.05, 3.63) is 11.5 Å². The van der Waals surface area contributed by atoms with E-state index in [1.165, 1.54) is 0 Å². The van der Waals surface area contributed by atoms with Gasteiger partial charge in [0.25, 0.3) is 0 Å². The third-order valence-electron chi connectivity index (χ3n) is 4.97. The molecule has 2 N–H and O–H groups in total. The van der Waals surface area contributed by atoms with Gasteiger partial charge in [0.05, 0.1) is 18.5 Å². The first-order valence-electron chi connectivity index (χ1n) is 7.46. The largest absolute Gasteiger partial charge is 0.368 e. The fraction of sp³-hybridized carbons (Fsp3) is 0.643. The smallest absolute Gasteiger partial charge is 0.223 e. The first kappa shape index (κ1) is 13.0. The molecule has 0 spiro atoms. The molecule has 0 bridgehead atoms. The summed E-state index contributed by atoms with van der Waals surface area (Å²) in [7, 11) is 0. The average molecular weight is 322 g/mol. The fourth-order valence-electron chi connectivity index (χ4n) is 4.14. The standard InChI is InChI=1S/C14H16ClN5O2/c1-14(2)21-9-6-3-5(6)8(10(9)22-14)20-4-17-7-11(15)18-13(16)19-12(7)20/h4-6,8-10H,3H2,1-2H3,(H2,16,18,19). The van der Waals surface area contributed by atoms with Gasteiger partial charge in [0.2, 0.25) is 5.95 Å². The molecule has 8 heteroatoms. The van der Waals surface area contributed by atoms with E-state index in [4.69, 9.17) is 26.8 Å². The number of nitrogens with two attached hydrogens (primary N) is 1. The Morgan fingerprint density at radius 2 is 2.05 bits per heavy atom. The van der Waals surface area contributed by atoms with Gasteiger partial charge in [0, 0.05) is 0 Å². The predicted molar refractivity (Wildman–Crippen MR) is 79.2 cm³/mol.